The molecular formula is C23H28N2O3. The van der Waals surface area contributed by atoms with Crippen LogP contribution in [-0.2, 0) is 11.3 Å². The number of aromatic carboxylic acids is 1. The summed E-state index contributed by atoms with van der Waals surface area (Å²) in [5.41, 5.74) is 3.73. The lowest BCUT2D eigenvalue weighted by Gasteiger charge is -2.33. The highest BCUT2D eigenvalue weighted by atomic mass is 16.4. The molecule has 1 aliphatic heterocycles. The number of likely N-dealkylation sites (tertiary alicyclic amines) is 1. The van der Waals surface area contributed by atoms with E-state index in [9.17, 15) is 14.7 Å². The topological polar surface area (TPSA) is 69.6 Å². The average molecular weight is 380 g/mol. The molecule has 0 unspecified atom stereocenters. The summed E-state index contributed by atoms with van der Waals surface area (Å²) in [4.78, 5) is 25.7. The average Bonchev–Trinajstić information content (AvgIpc) is 2.72. The molecule has 0 spiro atoms. The van der Waals surface area contributed by atoms with Crippen molar-refractivity contribution in [1.82, 2.24) is 10.2 Å². The number of benzene rings is 2. The molecule has 1 saturated heterocycles. The van der Waals surface area contributed by atoms with Gasteiger partial charge in [-0.25, -0.2) is 4.79 Å². The molecule has 0 bridgehead atoms. The Labute approximate surface area is 166 Å². The van der Waals surface area contributed by atoms with Crippen LogP contribution >= 0.6 is 0 Å². The van der Waals surface area contributed by atoms with Gasteiger partial charge in [-0.2, -0.15) is 0 Å². The number of carboxylic acids is 1. The smallest absolute Gasteiger partial charge is 0.335 e. The van der Waals surface area contributed by atoms with Gasteiger partial charge in [-0.15, -0.1) is 0 Å². The molecule has 5 nitrogen and oxygen atoms in total. The predicted molar refractivity (Wildman–Crippen MR) is 109 cm³/mol. The van der Waals surface area contributed by atoms with E-state index in [1.807, 2.05) is 31.2 Å². The highest BCUT2D eigenvalue weighted by Gasteiger charge is 2.22. The van der Waals surface area contributed by atoms with Crippen LogP contribution in [0.1, 0.15) is 52.2 Å². The number of amides is 1. The second-order valence-electron chi connectivity index (χ2n) is 7.58. The third-order valence-corrected chi connectivity index (χ3v) is 5.38. The van der Waals surface area contributed by atoms with E-state index in [1.54, 1.807) is 12.1 Å². The second-order valence-corrected chi connectivity index (χ2v) is 7.58. The zero-order chi connectivity index (χ0) is 19.9. The first-order valence-corrected chi connectivity index (χ1v) is 9.89. The van der Waals surface area contributed by atoms with Gasteiger partial charge in [-0.1, -0.05) is 42.0 Å². The van der Waals surface area contributed by atoms with Gasteiger partial charge in [-0.05, 0) is 55.5 Å². The quantitative estimate of drug-likeness (QED) is 0.770. The Bertz CT molecular complexity index is 817. The molecule has 28 heavy (non-hydrogen) atoms. The van der Waals surface area contributed by atoms with E-state index in [0.717, 1.165) is 43.6 Å². The summed E-state index contributed by atoms with van der Waals surface area (Å²) in [5.74, 6) is -0.501. The summed E-state index contributed by atoms with van der Waals surface area (Å²) in [6, 6.07) is 15.4. The molecule has 1 aliphatic rings. The third kappa shape index (κ3) is 5.67. The fourth-order valence-corrected chi connectivity index (χ4v) is 3.71. The van der Waals surface area contributed by atoms with Crippen molar-refractivity contribution in [2.75, 3.05) is 19.6 Å². The number of nitrogens with zero attached hydrogens (tertiary/aromatic N) is 1. The van der Waals surface area contributed by atoms with Crippen molar-refractivity contribution >= 4 is 11.9 Å². The first kappa shape index (κ1) is 20.1. The highest BCUT2D eigenvalue weighted by molar-refractivity contribution is 5.87. The molecule has 2 aromatic rings. The summed E-state index contributed by atoms with van der Waals surface area (Å²) in [7, 11) is 0. The van der Waals surface area contributed by atoms with Crippen LogP contribution in [0.2, 0.25) is 0 Å². The fraction of sp³-hybridized carbons (Fsp3) is 0.391. The zero-order valence-electron chi connectivity index (χ0n) is 16.4. The Morgan fingerprint density at radius 3 is 2.71 bits per heavy atom. The predicted octanol–water partition coefficient (Wildman–Crippen LogP) is 3.58. The molecule has 1 fully saturated rings. The lowest BCUT2D eigenvalue weighted by Crippen LogP contribution is -2.37. The number of rotatable bonds is 7. The summed E-state index contributed by atoms with van der Waals surface area (Å²) in [6.07, 6.45) is 2.60. The van der Waals surface area contributed by atoms with Crippen LogP contribution in [0.3, 0.4) is 0 Å². The van der Waals surface area contributed by atoms with Crippen molar-refractivity contribution in [1.29, 1.82) is 0 Å². The summed E-state index contributed by atoms with van der Waals surface area (Å²) in [6.45, 7) is 5.19. The van der Waals surface area contributed by atoms with Gasteiger partial charge in [-0.3, -0.25) is 4.79 Å². The number of nitrogens with one attached hydrogen (secondary N) is 1. The molecule has 0 saturated carbocycles. The molecule has 1 atom stereocenters. The van der Waals surface area contributed by atoms with Gasteiger partial charge in [0, 0.05) is 26.1 Å². The van der Waals surface area contributed by atoms with Crippen LogP contribution in [0.5, 0.6) is 0 Å². The number of carbonyl (C=O) groups is 2. The van der Waals surface area contributed by atoms with Gasteiger partial charge in [0.1, 0.15) is 0 Å². The van der Waals surface area contributed by atoms with E-state index < -0.39 is 5.97 Å². The van der Waals surface area contributed by atoms with Crippen molar-refractivity contribution in [2.24, 2.45) is 0 Å². The van der Waals surface area contributed by atoms with E-state index in [0.29, 0.717) is 24.4 Å². The van der Waals surface area contributed by atoms with Crippen LogP contribution < -0.4 is 5.32 Å². The second kappa shape index (κ2) is 9.51. The molecule has 5 heteroatoms. The number of piperidine rings is 1. The molecular weight excluding hydrogens is 352 g/mol. The minimum absolute atomic E-state index is 0.0653. The van der Waals surface area contributed by atoms with E-state index in [-0.39, 0.29) is 5.91 Å². The maximum atomic E-state index is 12.2. The Hall–Kier alpha value is -2.66. The highest BCUT2D eigenvalue weighted by Crippen LogP contribution is 2.27. The van der Waals surface area contributed by atoms with Crippen LogP contribution in [0.15, 0.2) is 48.5 Å². The molecule has 0 aliphatic carbocycles. The van der Waals surface area contributed by atoms with Crippen molar-refractivity contribution in [3.63, 3.8) is 0 Å². The first-order chi connectivity index (χ1) is 13.5. The molecule has 0 aromatic heterocycles. The third-order valence-electron chi connectivity index (χ3n) is 5.38. The van der Waals surface area contributed by atoms with Gasteiger partial charge in [0.05, 0.1) is 5.56 Å². The monoisotopic (exact) mass is 380 g/mol. The van der Waals surface area contributed by atoms with Gasteiger partial charge in [0.2, 0.25) is 5.91 Å². The van der Waals surface area contributed by atoms with Crippen LogP contribution in [0.4, 0.5) is 0 Å². The van der Waals surface area contributed by atoms with Crippen molar-refractivity contribution in [2.45, 2.75) is 38.6 Å². The molecule has 3 rings (SSSR count). The lowest BCUT2D eigenvalue weighted by atomic mass is 9.89. The van der Waals surface area contributed by atoms with E-state index in [2.05, 4.69) is 22.3 Å². The van der Waals surface area contributed by atoms with Gasteiger partial charge in [0.15, 0.2) is 0 Å². The molecule has 1 heterocycles. The lowest BCUT2D eigenvalue weighted by molar-refractivity contribution is -0.121. The number of carbonyl (C=O) groups excluding carboxylic acids is 1. The number of hydrogen-bond donors (Lipinski definition) is 2. The normalized spacial score (nSPS) is 17.2. The SMILES string of the molecule is Cc1ccc(CNC(=O)CCN2CCC[C@H](c3cccc(C(=O)O)c3)C2)cc1. The number of aryl methyl sites for hydroxylation is 1. The van der Waals surface area contributed by atoms with Crippen LogP contribution in [-0.4, -0.2) is 41.5 Å². The summed E-state index contributed by atoms with van der Waals surface area (Å²) >= 11 is 0. The van der Waals surface area contributed by atoms with E-state index in [1.165, 1.54) is 5.56 Å². The standard InChI is InChI=1S/C23H28N2O3/c1-17-7-9-18(10-8-17)15-24-22(26)11-13-25-12-3-6-21(16-25)19-4-2-5-20(14-19)23(27)28/h2,4-5,7-10,14,21H,3,6,11-13,15-16H2,1H3,(H,24,26)(H,27,28)/t21-/m0/s1. The van der Waals surface area contributed by atoms with Gasteiger partial charge in [0.25, 0.3) is 0 Å². The minimum atomic E-state index is -0.889. The maximum Gasteiger partial charge on any atom is 0.335 e. The number of carboxylic acid groups (broad SMARTS) is 1. The molecule has 2 N–H and O–H groups in total. The largest absolute Gasteiger partial charge is 0.478 e. The van der Waals surface area contributed by atoms with Gasteiger partial charge < -0.3 is 15.3 Å². The Balaban J connectivity index is 1.47. The van der Waals surface area contributed by atoms with E-state index in [4.69, 9.17) is 0 Å². The fourth-order valence-electron chi connectivity index (χ4n) is 3.71. The summed E-state index contributed by atoms with van der Waals surface area (Å²) < 4.78 is 0. The van der Waals surface area contributed by atoms with E-state index >= 15 is 0 Å². The first-order valence-electron chi connectivity index (χ1n) is 9.89. The van der Waals surface area contributed by atoms with Gasteiger partial charge >= 0.3 is 5.97 Å². The molecule has 1 amide bonds. The minimum Gasteiger partial charge on any atom is -0.478 e. The Morgan fingerprint density at radius 2 is 1.96 bits per heavy atom. The van der Waals surface area contributed by atoms with Crippen molar-refractivity contribution < 1.29 is 14.7 Å². The van der Waals surface area contributed by atoms with Crippen molar-refractivity contribution in [3.8, 4) is 0 Å². The Kier molecular flexibility index (Phi) is 6.82. The van der Waals surface area contributed by atoms with Crippen LogP contribution in [0.25, 0.3) is 0 Å². The van der Waals surface area contributed by atoms with Crippen LogP contribution in [0, 0.1) is 6.92 Å². The molecule has 2 aromatic carbocycles. The number of hydrogen-bond acceptors (Lipinski definition) is 3. The summed E-state index contributed by atoms with van der Waals surface area (Å²) in [5, 5.41) is 12.2. The van der Waals surface area contributed by atoms with Crippen molar-refractivity contribution in [3.05, 3.63) is 70.8 Å². The molecule has 0 radical (unpaired) electrons. The molecule has 148 valence electrons. The maximum absolute atomic E-state index is 12.2. The Morgan fingerprint density at radius 1 is 1.18 bits per heavy atom. The zero-order valence-corrected chi connectivity index (χ0v) is 16.4.